The molecule has 0 spiro atoms. The Morgan fingerprint density at radius 2 is 2.08 bits per heavy atom. The first kappa shape index (κ1) is 16.9. The van der Waals surface area contributed by atoms with Crippen molar-refractivity contribution in [2.45, 2.75) is 32.6 Å². The summed E-state index contributed by atoms with van der Waals surface area (Å²) in [5.41, 5.74) is 2.46. The van der Waals surface area contributed by atoms with Crippen molar-refractivity contribution in [1.82, 2.24) is 14.7 Å². The number of carbonyl (C=O) groups is 1. The highest BCUT2D eigenvalue weighted by atomic mass is 16.7. The van der Waals surface area contributed by atoms with Crippen molar-refractivity contribution >= 4 is 5.91 Å². The third-order valence-corrected chi connectivity index (χ3v) is 5.50. The Hall–Kier alpha value is -2.50. The lowest BCUT2D eigenvalue weighted by atomic mass is 9.76. The van der Waals surface area contributed by atoms with Crippen LogP contribution in [-0.2, 0) is 24.7 Å². The third kappa shape index (κ3) is 3.41. The van der Waals surface area contributed by atoms with Gasteiger partial charge in [-0.1, -0.05) is 13.0 Å². The van der Waals surface area contributed by atoms with Crippen LogP contribution in [0.1, 0.15) is 31.0 Å². The highest BCUT2D eigenvalue weighted by molar-refractivity contribution is 5.77. The largest absolute Gasteiger partial charge is 0.454 e. The fraction of sp³-hybridized carbons (Fsp3) is 0.500. The van der Waals surface area contributed by atoms with Gasteiger partial charge in [0.05, 0.1) is 0 Å². The quantitative estimate of drug-likeness (QED) is 0.827. The zero-order chi connectivity index (χ0) is 18.1. The average molecular weight is 355 g/mol. The molecule has 0 saturated carbocycles. The van der Waals surface area contributed by atoms with Crippen molar-refractivity contribution in [3.8, 4) is 11.5 Å². The van der Waals surface area contributed by atoms with E-state index in [-0.39, 0.29) is 11.3 Å². The van der Waals surface area contributed by atoms with Crippen LogP contribution in [0.5, 0.6) is 11.5 Å². The first-order valence-electron chi connectivity index (χ1n) is 9.16. The Balaban J connectivity index is 1.42. The van der Waals surface area contributed by atoms with E-state index >= 15 is 0 Å². The Bertz CT molecular complexity index is 816. The summed E-state index contributed by atoms with van der Waals surface area (Å²) in [4.78, 5) is 14.4. The number of benzene rings is 1. The van der Waals surface area contributed by atoms with Gasteiger partial charge >= 0.3 is 0 Å². The van der Waals surface area contributed by atoms with Gasteiger partial charge in [0.25, 0.3) is 0 Å². The topological polar surface area (TPSA) is 56.6 Å². The van der Waals surface area contributed by atoms with Gasteiger partial charge in [-0.15, -0.1) is 0 Å². The van der Waals surface area contributed by atoms with Gasteiger partial charge in [0.15, 0.2) is 11.5 Å². The van der Waals surface area contributed by atoms with Crippen LogP contribution in [0.3, 0.4) is 0 Å². The van der Waals surface area contributed by atoms with Crippen LogP contribution < -0.4 is 9.47 Å². The van der Waals surface area contributed by atoms with Crippen molar-refractivity contribution in [3.63, 3.8) is 0 Å². The molecule has 0 aliphatic carbocycles. The molecule has 138 valence electrons. The Morgan fingerprint density at radius 1 is 1.23 bits per heavy atom. The van der Waals surface area contributed by atoms with E-state index in [1.807, 2.05) is 28.8 Å². The number of hydrogen-bond donors (Lipinski definition) is 0. The number of fused-ring (bicyclic) bond motifs is 1. The number of aryl methyl sites for hydroxylation is 1. The van der Waals surface area contributed by atoms with Crippen molar-refractivity contribution in [2.24, 2.45) is 12.5 Å². The molecule has 0 unspecified atom stereocenters. The summed E-state index contributed by atoms with van der Waals surface area (Å²) in [6.45, 7) is 4.11. The van der Waals surface area contributed by atoms with Gasteiger partial charge in [-0.3, -0.25) is 9.48 Å². The minimum absolute atomic E-state index is 0.0774. The van der Waals surface area contributed by atoms with Crippen LogP contribution in [0, 0.1) is 5.41 Å². The summed E-state index contributed by atoms with van der Waals surface area (Å²) in [5, 5.41) is 4.20. The standard InChI is InChI=1S/C20H25N3O3/c1-20(12-15-3-4-17-18(11-15)26-14-25-17)8-5-19(24)23(13-20)10-7-16-6-9-21-22(16)2/h3-4,6,9,11H,5,7-8,10,12-14H2,1-2H3/t20-/m0/s1. The highest BCUT2D eigenvalue weighted by Gasteiger charge is 2.35. The van der Waals surface area contributed by atoms with Crippen molar-refractivity contribution in [3.05, 3.63) is 41.7 Å². The maximum absolute atomic E-state index is 12.4. The van der Waals surface area contributed by atoms with Gasteiger partial charge in [-0.05, 0) is 42.0 Å². The molecule has 0 bridgehead atoms. The number of nitrogens with zero attached hydrogens (tertiary/aromatic N) is 3. The maximum Gasteiger partial charge on any atom is 0.231 e. The van der Waals surface area contributed by atoms with E-state index in [0.29, 0.717) is 13.2 Å². The molecule has 2 aromatic rings. The predicted molar refractivity (Wildman–Crippen MR) is 97.1 cm³/mol. The number of likely N-dealkylation sites (tertiary alicyclic amines) is 1. The molecule has 6 nitrogen and oxygen atoms in total. The molecule has 1 aromatic heterocycles. The van der Waals surface area contributed by atoms with Gasteiger partial charge in [0.2, 0.25) is 12.7 Å². The van der Waals surface area contributed by atoms with E-state index in [9.17, 15) is 4.79 Å². The zero-order valence-electron chi connectivity index (χ0n) is 15.4. The molecule has 1 fully saturated rings. The summed E-state index contributed by atoms with van der Waals surface area (Å²) >= 11 is 0. The van der Waals surface area contributed by atoms with Crippen LogP contribution in [0.25, 0.3) is 0 Å². The number of amides is 1. The van der Waals surface area contributed by atoms with E-state index in [1.54, 1.807) is 6.20 Å². The van der Waals surface area contributed by atoms with Gasteiger partial charge in [0.1, 0.15) is 0 Å². The highest BCUT2D eigenvalue weighted by Crippen LogP contribution is 2.37. The summed E-state index contributed by atoms with van der Waals surface area (Å²) in [6.07, 6.45) is 5.10. The van der Waals surface area contributed by atoms with Gasteiger partial charge in [0, 0.05) is 44.9 Å². The molecular weight excluding hydrogens is 330 g/mol. The summed E-state index contributed by atoms with van der Waals surface area (Å²) in [7, 11) is 1.94. The molecule has 0 radical (unpaired) electrons. The zero-order valence-corrected chi connectivity index (χ0v) is 15.4. The fourth-order valence-electron chi connectivity index (χ4n) is 3.98. The minimum Gasteiger partial charge on any atom is -0.454 e. The molecule has 1 atom stereocenters. The molecule has 6 heteroatoms. The number of hydrogen-bond acceptors (Lipinski definition) is 4. The molecule has 26 heavy (non-hydrogen) atoms. The molecule has 0 N–H and O–H groups in total. The van der Waals surface area contributed by atoms with E-state index < -0.39 is 0 Å². The van der Waals surface area contributed by atoms with Gasteiger partial charge in [-0.2, -0.15) is 5.10 Å². The van der Waals surface area contributed by atoms with E-state index in [2.05, 4.69) is 24.2 Å². The van der Waals surface area contributed by atoms with Crippen LogP contribution >= 0.6 is 0 Å². The summed E-state index contributed by atoms with van der Waals surface area (Å²) < 4.78 is 12.8. The van der Waals surface area contributed by atoms with Crippen LogP contribution in [0.15, 0.2) is 30.5 Å². The molecule has 2 aliphatic heterocycles. The lowest BCUT2D eigenvalue weighted by Gasteiger charge is -2.40. The summed E-state index contributed by atoms with van der Waals surface area (Å²) in [5.74, 6) is 1.90. The molecule has 1 amide bonds. The normalized spacial score (nSPS) is 22.1. The maximum atomic E-state index is 12.4. The lowest BCUT2D eigenvalue weighted by Crippen LogP contribution is -2.47. The predicted octanol–water partition coefficient (Wildman–Crippen LogP) is 2.56. The van der Waals surface area contributed by atoms with Crippen molar-refractivity contribution < 1.29 is 14.3 Å². The number of ether oxygens (including phenoxy) is 2. The first-order valence-corrected chi connectivity index (χ1v) is 9.16. The van der Waals surface area contributed by atoms with Crippen LogP contribution in [0.4, 0.5) is 0 Å². The third-order valence-electron chi connectivity index (χ3n) is 5.50. The Morgan fingerprint density at radius 3 is 2.88 bits per heavy atom. The summed E-state index contributed by atoms with van der Waals surface area (Å²) in [6, 6.07) is 8.18. The number of rotatable bonds is 5. The molecule has 1 saturated heterocycles. The Labute approximate surface area is 153 Å². The van der Waals surface area contributed by atoms with E-state index in [4.69, 9.17) is 9.47 Å². The second-order valence-electron chi connectivity index (χ2n) is 7.69. The van der Waals surface area contributed by atoms with E-state index in [0.717, 1.165) is 49.5 Å². The van der Waals surface area contributed by atoms with E-state index in [1.165, 1.54) is 5.56 Å². The van der Waals surface area contributed by atoms with Crippen LogP contribution in [0.2, 0.25) is 0 Å². The minimum atomic E-state index is 0.0774. The molecule has 3 heterocycles. The number of aromatic nitrogens is 2. The van der Waals surface area contributed by atoms with Crippen molar-refractivity contribution in [2.75, 3.05) is 19.9 Å². The van der Waals surface area contributed by atoms with Crippen LogP contribution in [-0.4, -0.2) is 40.5 Å². The SMILES string of the molecule is Cn1nccc1CCN1C[C@](C)(Cc2ccc3c(c2)OCO3)CCC1=O. The van der Waals surface area contributed by atoms with Crippen molar-refractivity contribution in [1.29, 1.82) is 0 Å². The molecule has 2 aliphatic rings. The smallest absolute Gasteiger partial charge is 0.231 e. The lowest BCUT2D eigenvalue weighted by molar-refractivity contribution is -0.137. The number of piperidine rings is 1. The second kappa shape index (κ2) is 6.67. The second-order valence-corrected chi connectivity index (χ2v) is 7.69. The fourth-order valence-corrected chi connectivity index (χ4v) is 3.98. The van der Waals surface area contributed by atoms with Gasteiger partial charge in [-0.25, -0.2) is 0 Å². The van der Waals surface area contributed by atoms with Gasteiger partial charge < -0.3 is 14.4 Å². The first-order chi connectivity index (χ1) is 12.5. The molecular formula is C20H25N3O3. The molecule has 4 rings (SSSR count). The monoisotopic (exact) mass is 355 g/mol. The molecule has 1 aromatic carbocycles. The average Bonchev–Trinajstić information content (AvgIpc) is 3.24. The Kier molecular flexibility index (Phi) is 4.34. The number of carbonyl (C=O) groups excluding carboxylic acids is 1.